The molecule has 0 aromatic heterocycles. The van der Waals surface area contributed by atoms with Crippen LogP contribution in [-0.2, 0) is 4.79 Å². The average Bonchev–Trinajstić information content (AvgIpc) is 2.56. The van der Waals surface area contributed by atoms with Gasteiger partial charge >= 0.3 is 0 Å². The number of amides is 1. The highest BCUT2D eigenvalue weighted by Crippen LogP contribution is 2.18. The largest absolute Gasteiger partial charge is 0.360 e. The van der Waals surface area contributed by atoms with Gasteiger partial charge in [0.2, 0.25) is 0 Å². The molecule has 1 heterocycles. The summed E-state index contributed by atoms with van der Waals surface area (Å²) in [5.74, 6) is -0.305. The lowest BCUT2D eigenvalue weighted by molar-refractivity contribution is -0.384. The van der Waals surface area contributed by atoms with Crippen LogP contribution in [0.25, 0.3) is 0 Å². The maximum Gasteiger partial charge on any atom is 0.271 e. The lowest BCUT2D eigenvalue weighted by atomic mass is 10.1. The number of carbonyl (C=O) groups excluding carboxylic acids is 1. The molecule has 1 fully saturated rings. The lowest BCUT2D eigenvalue weighted by Crippen LogP contribution is -2.36. The molecule has 1 aliphatic rings. The first-order valence-corrected chi connectivity index (χ1v) is 7.02. The normalized spacial score (nSPS) is 15.0. The zero-order valence-electron chi connectivity index (χ0n) is 12.0. The predicted molar refractivity (Wildman–Crippen MR) is 80.8 cm³/mol. The van der Waals surface area contributed by atoms with Crippen molar-refractivity contribution in [1.29, 1.82) is 5.26 Å². The number of nitriles is 1. The topological polar surface area (TPSA) is 99.3 Å². The summed E-state index contributed by atoms with van der Waals surface area (Å²) in [6.07, 6.45) is 4.29. The van der Waals surface area contributed by atoms with Crippen LogP contribution < -0.4 is 5.32 Å². The van der Waals surface area contributed by atoms with Crippen molar-refractivity contribution in [1.82, 2.24) is 4.90 Å². The summed E-state index contributed by atoms with van der Waals surface area (Å²) in [5.41, 5.74) is 0.390. The molecule has 7 heteroatoms. The molecule has 0 saturated carbocycles. The summed E-state index contributed by atoms with van der Waals surface area (Å²) in [7, 11) is 0. The van der Waals surface area contributed by atoms with Crippen molar-refractivity contribution >= 4 is 17.3 Å². The summed E-state index contributed by atoms with van der Waals surface area (Å²) in [4.78, 5) is 24.1. The molecule has 1 amide bonds. The van der Waals surface area contributed by atoms with Gasteiger partial charge in [-0.1, -0.05) is 6.07 Å². The third-order valence-corrected chi connectivity index (χ3v) is 3.43. The van der Waals surface area contributed by atoms with Gasteiger partial charge in [-0.25, -0.2) is 0 Å². The number of likely N-dealkylation sites (tertiary alicyclic amines) is 1. The zero-order valence-corrected chi connectivity index (χ0v) is 12.0. The first-order valence-electron chi connectivity index (χ1n) is 7.02. The van der Waals surface area contributed by atoms with E-state index in [1.807, 2.05) is 6.07 Å². The van der Waals surface area contributed by atoms with Crippen LogP contribution in [0.4, 0.5) is 11.4 Å². The van der Waals surface area contributed by atoms with Gasteiger partial charge in [-0.2, -0.15) is 5.26 Å². The fourth-order valence-corrected chi connectivity index (χ4v) is 2.27. The number of benzene rings is 1. The number of carbonyl (C=O) groups is 1. The average molecular weight is 300 g/mol. The van der Waals surface area contributed by atoms with Gasteiger partial charge in [-0.3, -0.25) is 14.9 Å². The van der Waals surface area contributed by atoms with Gasteiger partial charge in [0.1, 0.15) is 11.6 Å². The quantitative estimate of drug-likeness (QED) is 0.398. The van der Waals surface area contributed by atoms with E-state index in [-0.39, 0.29) is 17.2 Å². The second-order valence-corrected chi connectivity index (χ2v) is 4.97. The number of anilines is 1. The molecule has 0 spiro atoms. The number of nitrogens with one attached hydrogen (secondary N) is 1. The minimum Gasteiger partial charge on any atom is -0.360 e. The number of piperidine rings is 1. The van der Waals surface area contributed by atoms with E-state index in [1.54, 1.807) is 11.0 Å². The smallest absolute Gasteiger partial charge is 0.271 e. The summed E-state index contributed by atoms with van der Waals surface area (Å²) < 4.78 is 0. The van der Waals surface area contributed by atoms with Crippen LogP contribution >= 0.6 is 0 Å². The maximum absolute atomic E-state index is 12.2. The van der Waals surface area contributed by atoms with Crippen LogP contribution in [0.2, 0.25) is 0 Å². The third-order valence-electron chi connectivity index (χ3n) is 3.43. The summed E-state index contributed by atoms with van der Waals surface area (Å²) >= 11 is 0. The molecule has 7 nitrogen and oxygen atoms in total. The summed E-state index contributed by atoms with van der Waals surface area (Å²) in [5, 5.41) is 22.6. The highest BCUT2D eigenvalue weighted by Gasteiger charge is 2.20. The summed E-state index contributed by atoms with van der Waals surface area (Å²) in [6, 6.07) is 7.76. The van der Waals surface area contributed by atoms with E-state index in [4.69, 9.17) is 5.26 Å². The Morgan fingerprint density at radius 1 is 1.36 bits per heavy atom. The molecule has 0 unspecified atom stereocenters. The van der Waals surface area contributed by atoms with E-state index in [2.05, 4.69) is 5.32 Å². The van der Waals surface area contributed by atoms with Gasteiger partial charge in [0.05, 0.1) is 4.92 Å². The van der Waals surface area contributed by atoms with Crippen molar-refractivity contribution in [3.8, 4) is 6.07 Å². The fraction of sp³-hybridized carbons (Fsp3) is 0.333. The van der Waals surface area contributed by atoms with Crippen molar-refractivity contribution in [3.05, 3.63) is 46.2 Å². The predicted octanol–water partition coefficient (Wildman–Crippen LogP) is 2.43. The molecule has 1 aromatic rings. The van der Waals surface area contributed by atoms with Crippen molar-refractivity contribution in [2.24, 2.45) is 0 Å². The first kappa shape index (κ1) is 15.5. The standard InChI is InChI=1S/C15H16N4O3/c16-10-12(15(20)18-7-2-1-3-8-18)11-17-13-5-4-6-14(9-13)19(21)22/h4-6,9,11,17H,1-3,7-8H2/b12-11-. The Morgan fingerprint density at radius 3 is 2.73 bits per heavy atom. The van der Waals surface area contributed by atoms with Crippen molar-refractivity contribution < 1.29 is 9.72 Å². The molecule has 1 N–H and O–H groups in total. The number of rotatable bonds is 4. The zero-order chi connectivity index (χ0) is 15.9. The minimum atomic E-state index is -0.501. The number of nitro benzene ring substituents is 1. The molecule has 0 aliphatic carbocycles. The molecule has 114 valence electrons. The van der Waals surface area contributed by atoms with Gasteiger partial charge in [0.15, 0.2) is 0 Å². The van der Waals surface area contributed by atoms with Gasteiger partial charge in [-0.15, -0.1) is 0 Å². The van der Waals surface area contributed by atoms with E-state index in [9.17, 15) is 14.9 Å². The van der Waals surface area contributed by atoms with Crippen LogP contribution in [0.5, 0.6) is 0 Å². The fourth-order valence-electron chi connectivity index (χ4n) is 2.27. The SMILES string of the molecule is N#C/C(=C/Nc1cccc([N+](=O)[O-])c1)C(=O)N1CCCCC1. The molecule has 22 heavy (non-hydrogen) atoms. The van der Waals surface area contributed by atoms with Crippen molar-refractivity contribution in [3.63, 3.8) is 0 Å². The molecule has 1 aliphatic heterocycles. The van der Waals surface area contributed by atoms with Crippen LogP contribution in [0.15, 0.2) is 36.0 Å². The third kappa shape index (κ3) is 3.82. The first-order chi connectivity index (χ1) is 10.6. The molecule has 1 aromatic carbocycles. The highest BCUT2D eigenvalue weighted by molar-refractivity contribution is 5.97. The Balaban J connectivity index is 2.09. The Morgan fingerprint density at radius 2 is 2.09 bits per heavy atom. The monoisotopic (exact) mass is 300 g/mol. The molecular formula is C15H16N4O3. The maximum atomic E-state index is 12.2. The molecule has 0 radical (unpaired) electrons. The molecule has 2 rings (SSSR count). The van der Waals surface area contributed by atoms with Gasteiger partial charge < -0.3 is 10.2 Å². The second kappa shape index (κ2) is 7.22. The van der Waals surface area contributed by atoms with Crippen LogP contribution in [0, 0.1) is 21.4 Å². The number of hydrogen-bond acceptors (Lipinski definition) is 5. The second-order valence-electron chi connectivity index (χ2n) is 4.97. The molecular weight excluding hydrogens is 284 g/mol. The van der Waals surface area contributed by atoms with E-state index in [1.165, 1.54) is 24.4 Å². The van der Waals surface area contributed by atoms with Gasteiger partial charge in [0, 0.05) is 37.1 Å². The number of non-ortho nitro benzene ring substituents is 1. The van der Waals surface area contributed by atoms with Crippen molar-refractivity contribution in [2.75, 3.05) is 18.4 Å². The van der Waals surface area contributed by atoms with E-state index in [0.717, 1.165) is 19.3 Å². The Labute approximate surface area is 128 Å². The van der Waals surface area contributed by atoms with Gasteiger partial charge in [-0.05, 0) is 25.3 Å². The molecule has 0 atom stereocenters. The van der Waals surface area contributed by atoms with E-state index in [0.29, 0.717) is 18.8 Å². The minimum absolute atomic E-state index is 0.00611. The Bertz CT molecular complexity index is 642. The number of nitro groups is 1. The Hall–Kier alpha value is -2.88. The van der Waals surface area contributed by atoms with Crippen LogP contribution in [0.3, 0.4) is 0 Å². The highest BCUT2D eigenvalue weighted by atomic mass is 16.6. The Kier molecular flexibility index (Phi) is 5.09. The lowest BCUT2D eigenvalue weighted by Gasteiger charge is -2.26. The van der Waals surface area contributed by atoms with Crippen LogP contribution in [-0.4, -0.2) is 28.8 Å². The number of nitrogens with zero attached hydrogens (tertiary/aromatic N) is 3. The molecule has 0 bridgehead atoms. The van der Waals surface area contributed by atoms with E-state index < -0.39 is 4.92 Å². The van der Waals surface area contributed by atoms with Crippen LogP contribution in [0.1, 0.15) is 19.3 Å². The van der Waals surface area contributed by atoms with Gasteiger partial charge in [0.25, 0.3) is 11.6 Å². The number of hydrogen-bond donors (Lipinski definition) is 1. The summed E-state index contributed by atoms with van der Waals surface area (Å²) in [6.45, 7) is 1.32. The molecule has 1 saturated heterocycles. The van der Waals surface area contributed by atoms with E-state index >= 15 is 0 Å². The van der Waals surface area contributed by atoms with Crippen molar-refractivity contribution in [2.45, 2.75) is 19.3 Å².